The zero-order chi connectivity index (χ0) is 21.8. The number of hydrogen-bond donors (Lipinski definition) is 1. The third-order valence-corrected chi connectivity index (χ3v) is 7.79. The zero-order valence-electron chi connectivity index (χ0n) is 16.6. The molecular weight excluding hydrogens is 432 g/mol. The van der Waals surface area contributed by atoms with E-state index in [1.807, 2.05) is 36.5 Å². The van der Waals surface area contributed by atoms with Crippen LogP contribution in [0.3, 0.4) is 0 Å². The summed E-state index contributed by atoms with van der Waals surface area (Å²) in [6, 6.07) is 15.3. The van der Waals surface area contributed by atoms with Gasteiger partial charge in [0.05, 0.1) is 34.3 Å². The number of sulfonamides is 1. The summed E-state index contributed by atoms with van der Waals surface area (Å²) in [4.78, 5) is 4.35. The average Bonchev–Trinajstić information content (AvgIpc) is 3.32. The van der Waals surface area contributed by atoms with Gasteiger partial charge >= 0.3 is 0 Å². The second-order valence-electron chi connectivity index (χ2n) is 7.60. The lowest BCUT2D eigenvalue weighted by Crippen LogP contribution is -2.64. The monoisotopic (exact) mass is 450 g/mol. The van der Waals surface area contributed by atoms with Crippen molar-refractivity contribution in [2.24, 2.45) is 0 Å². The standard InChI is InChI=1S/C21H18N6O2S2/c1-31(28,29)26-12-21(13-26,17-7-3-2-5-14(17)9-22)27-11-15(10-24-27)16-6-4-8-18-19(16)30-20(23)25-18/h2-8,10-11H,12-13H2,1H3,(H2,23,25). The molecule has 10 heteroatoms. The van der Waals surface area contributed by atoms with Gasteiger partial charge in [-0.15, -0.1) is 0 Å². The Morgan fingerprint density at radius 2 is 1.97 bits per heavy atom. The fraction of sp³-hybridized carbons (Fsp3) is 0.190. The Morgan fingerprint density at radius 1 is 1.19 bits per heavy atom. The van der Waals surface area contributed by atoms with E-state index in [0.29, 0.717) is 10.7 Å². The molecule has 1 aliphatic heterocycles. The molecular formula is C21H18N6O2S2. The molecule has 5 rings (SSSR count). The first-order chi connectivity index (χ1) is 14.8. The second kappa shape index (κ2) is 6.88. The Balaban J connectivity index is 1.64. The molecule has 2 N–H and O–H groups in total. The van der Waals surface area contributed by atoms with Crippen LogP contribution in [0.25, 0.3) is 21.3 Å². The second-order valence-corrected chi connectivity index (χ2v) is 10.6. The van der Waals surface area contributed by atoms with Crippen LogP contribution in [0.15, 0.2) is 54.9 Å². The first kappa shape index (κ1) is 19.7. The van der Waals surface area contributed by atoms with Gasteiger partial charge in [-0.25, -0.2) is 13.4 Å². The van der Waals surface area contributed by atoms with Crippen LogP contribution in [-0.2, 0) is 15.6 Å². The van der Waals surface area contributed by atoms with Crippen LogP contribution in [0.1, 0.15) is 11.1 Å². The summed E-state index contributed by atoms with van der Waals surface area (Å²) in [5.41, 5.74) is 9.06. The Morgan fingerprint density at radius 3 is 2.71 bits per heavy atom. The van der Waals surface area contributed by atoms with E-state index in [9.17, 15) is 13.7 Å². The van der Waals surface area contributed by atoms with E-state index in [1.165, 1.54) is 21.9 Å². The van der Waals surface area contributed by atoms with Gasteiger partial charge in [-0.05, 0) is 12.1 Å². The first-order valence-corrected chi connectivity index (χ1v) is 12.1. The van der Waals surface area contributed by atoms with Gasteiger partial charge in [-0.1, -0.05) is 41.7 Å². The van der Waals surface area contributed by atoms with Crippen molar-refractivity contribution in [2.45, 2.75) is 5.54 Å². The van der Waals surface area contributed by atoms with Crippen molar-refractivity contribution in [3.8, 4) is 17.2 Å². The smallest absolute Gasteiger partial charge is 0.211 e. The highest BCUT2D eigenvalue weighted by molar-refractivity contribution is 7.88. The molecule has 2 aromatic heterocycles. The van der Waals surface area contributed by atoms with E-state index in [2.05, 4.69) is 16.2 Å². The molecule has 0 saturated carbocycles. The molecule has 0 aliphatic carbocycles. The SMILES string of the molecule is CS(=O)(=O)N1CC(c2ccccc2C#N)(n2cc(-c3cccc4nc(N)sc34)cn2)C1. The summed E-state index contributed by atoms with van der Waals surface area (Å²) in [6.07, 6.45) is 4.85. The van der Waals surface area contributed by atoms with Gasteiger partial charge in [0.25, 0.3) is 0 Å². The number of rotatable bonds is 4. The van der Waals surface area contributed by atoms with Gasteiger partial charge in [0, 0.05) is 36.0 Å². The number of nitrogens with two attached hydrogens (primary N) is 1. The maximum absolute atomic E-state index is 12.1. The molecule has 2 aromatic carbocycles. The number of fused-ring (bicyclic) bond motifs is 1. The van der Waals surface area contributed by atoms with E-state index >= 15 is 0 Å². The number of thiazole rings is 1. The summed E-state index contributed by atoms with van der Waals surface area (Å²) >= 11 is 1.42. The molecule has 0 amide bonds. The minimum absolute atomic E-state index is 0.212. The fourth-order valence-corrected chi connectivity index (χ4v) is 5.85. The summed E-state index contributed by atoms with van der Waals surface area (Å²) in [7, 11) is -3.36. The van der Waals surface area contributed by atoms with E-state index in [4.69, 9.17) is 5.73 Å². The van der Waals surface area contributed by atoms with Gasteiger partial charge < -0.3 is 5.73 Å². The number of nitrogen functional groups attached to an aromatic ring is 1. The minimum Gasteiger partial charge on any atom is -0.375 e. The molecule has 1 fully saturated rings. The predicted octanol–water partition coefficient (Wildman–Crippen LogP) is 2.63. The lowest BCUT2D eigenvalue weighted by molar-refractivity contribution is 0.108. The van der Waals surface area contributed by atoms with Crippen molar-refractivity contribution < 1.29 is 8.42 Å². The first-order valence-electron chi connectivity index (χ1n) is 9.47. The van der Waals surface area contributed by atoms with Gasteiger partial charge in [0.15, 0.2) is 5.13 Å². The number of anilines is 1. The van der Waals surface area contributed by atoms with E-state index in [-0.39, 0.29) is 13.1 Å². The largest absolute Gasteiger partial charge is 0.375 e. The normalized spacial score (nSPS) is 16.1. The van der Waals surface area contributed by atoms with Crippen molar-refractivity contribution in [1.82, 2.24) is 19.1 Å². The molecule has 1 saturated heterocycles. The fourth-order valence-electron chi connectivity index (χ4n) is 4.09. The highest BCUT2D eigenvalue weighted by Gasteiger charge is 2.51. The molecule has 8 nitrogen and oxygen atoms in total. The van der Waals surface area contributed by atoms with Gasteiger partial charge in [0.2, 0.25) is 10.0 Å². The van der Waals surface area contributed by atoms with Crippen LogP contribution < -0.4 is 5.73 Å². The van der Waals surface area contributed by atoms with Crippen molar-refractivity contribution >= 4 is 36.7 Å². The maximum Gasteiger partial charge on any atom is 0.211 e. The highest BCUT2D eigenvalue weighted by atomic mass is 32.2. The molecule has 0 unspecified atom stereocenters. The third kappa shape index (κ3) is 3.09. The molecule has 1 aliphatic rings. The molecule has 3 heterocycles. The van der Waals surface area contributed by atoms with Crippen molar-refractivity contribution in [3.05, 3.63) is 66.0 Å². The van der Waals surface area contributed by atoms with Crippen LogP contribution in [0.4, 0.5) is 5.13 Å². The van der Waals surface area contributed by atoms with Crippen LogP contribution in [0, 0.1) is 11.3 Å². The van der Waals surface area contributed by atoms with Gasteiger partial charge in [-0.3, -0.25) is 4.68 Å². The van der Waals surface area contributed by atoms with Crippen molar-refractivity contribution in [3.63, 3.8) is 0 Å². The van der Waals surface area contributed by atoms with E-state index in [1.54, 1.807) is 23.0 Å². The third-order valence-electron chi connectivity index (χ3n) is 5.66. The Labute approximate surface area is 183 Å². The highest BCUT2D eigenvalue weighted by Crippen LogP contribution is 2.40. The maximum atomic E-state index is 12.1. The lowest BCUT2D eigenvalue weighted by Gasteiger charge is -2.49. The summed E-state index contributed by atoms with van der Waals surface area (Å²) in [5.74, 6) is 0. The molecule has 0 atom stereocenters. The predicted molar refractivity (Wildman–Crippen MR) is 120 cm³/mol. The van der Waals surface area contributed by atoms with E-state index in [0.717, 1.165) is 26.9 Å². The minimum atomic E-state index is -3.36. The molecule has 0 bridgehead atoms. The van der Waals surface area contributed by atoms with E-state index < -0.39 is 15.6 Å². The topological polar surface area (TPSA) is 118 Å². The zero-order valence-corrected chi connectivity index (χ0v) is 18.2. The number of aromatic nitrogens is 3. The quantitative estimate of drug-likeness (QED) is 0.511. The Hall–Kier alpha value is -3.26. The molecule has 156 valence electrons. The summed E-state index contributed by atoms with van der Waals surface area (Å²) in [5, 5.41) is 14.8. The summed E-state index contributed by atoms with van der Waals surface area (Å²) in [6.45, 7) is 0.423. The molecule has 0 radical (unpaired) electrons. The van der Waals surface area contributed by atoms with Crippen LogP contribution in [0.5, 0.6) is 0 Å². The Kier molecular flexibility index (Phi) is 4.37. The summed E-state index contributed by atoms with van der Waals surface area (Å²) < 4.78 is 28.4. The van der Waals surface area contributed by atoms with Gasteiger partial charge in [-0.2, -0.15) is 14.7 Å². The molecule has 31 heavy (non-hydrogen) atoms. The van der Waals surface area contributed by atoms with Crippen LogP contribution >= 0.6 is 11.3 Å². The average molecular weight is 451 g/mol. The molecule has 4 aromatic rings. The van der Waals surface area contributed by atoms with Crippen molar-refractivity contribution in [2.75, 3.05) is 25.1 Å². The van der Waals surface area contributed by atoms with Crippen molar-refractivity contribution in [1.29, 1.82) is 5.26 Å². The lowest BCUT2D eigenvalue weighted by atomic mass is 9.81. The Bertz CT molecular complexity index is 1460. The molecule has 0 spiro atoms. The number of nitrogens with zero attached hydrogens (tertiary/aromatic N) is 5. The van der Waals surface area contributed by atoms with Gasteiger partial charge in [0.1, 0.15) is 5.54 Å². The van der Waals surface area contributed by atoms with Crippen LogP contribution in [0.2, 0.25) is 0 Å². The number of nitriles is 1. The number of benzene rings is 2. The number of hydrogen-bond acceptors (Lipinski definition) is 7. The van der Waals surface area contributed by atoms with Crippen LogP contribution in [-0.4, -0.2) is 46.8 Å².